The van der Waals surface area contributed by atoms with Crippen molar-refractivity contribution >= 4 is 40.5 Å². The minimum absolute atomic E-state index is 0.107. The number of benzene rings is 1. The number of carbonyl (C=O) groups is 2. The molecule has 0 radical (unpaired) electrons. The molecule has 5 nitrogen and oxygen atoms in total. The van der Waals surface area contributed by atoms with E-state index in [2.05, 4.69) is 11.8 Å². The van der Waals surface area contributed by atoms with Gasteiger partial charge in [-0.2, -0.15) is 0 Å². The summed E-state index contributed by atoms with van der Waals surface area (Å²) < 4.78 is 5.88. The fourth-order valence-corrected chi connectivity index (χ4v) is 5.63. The minimum Gasteiger partial charge on any atom is -0.479 e. The Kier molecular flexibility index (Phi) is 6.16. The number of nitrogens with zero attached hydrogens (tertiary/aromatic N) is 1. The number of hydrogen-bond acceptors (Lipinski definition) is 4. The number of rotatable bonds is 7. The van der Waals surface area contributed by atoms with Gasteiger partial charge >= 0.3 is 5.97 Å². The Morgan fingerprint density at radius 3 is 2.70 bits per heavy atom. The minimum atomic E-state index is -1.01. The van der Waals surface area contributed by atoms with Gasteiger partial charge in [-0.1, -0.05) is 30.1 Å². The summed E-state index contributed by atoms with van der Waals surface area (Å²) in [5.74, 6) is -0.581. The van der Waals surface area contributed by atoms with Crippen molar-refractivity contribution < 1.29 is 19.4 Å². The number of carboxylic acids is 1. The third kappa shape index (κ3) is 3.88. The van der Waals surface area contributed by atoms with Crippen LogP contribution in [-0.4, -0.2) is 47.5 Å². The molecule has 0 bridgehead atoms. The average Bonchev–Trinajstić information content (AvgIpc) is 3.34. The third-order valence-corrected chi connectivity index (χ3v) is 7.76. The zero-order chi connectivity index (χ0) is 21.5. The van der Waals surface area contributed by atoms with E-state index in [1.165, 1.54) is 0 Å². The van der Waals surface area contributed by atoms with Crippen LogP contribution in [0.3, 0.4) is 0 Å². The number of ether oxygens (including phenoxy) is 1. The molecule has 162 valence electrons. The van der Waals surface area contributed by atoms with Gasteiger partial charge in [-0.05, 0) is 68.5 Å². The average molecular weight is 452 g/mol. The predicted octanol–water partition coefficient (Wildman–Crippen LogP) is 5.01. The first-order chi connectivity index (χ1) is 14.3. The van der Waals surface area contributed by atoms with E-state index in [0.717, 1.165) is 61.9 Å². The van der Waals surface area contributed by atoms with Crippen LogP contribution in [0.1, 0.15) is 56.6 Å². The number of likely N-dealkylation sites (tertiary alicyclic amines) is 1. The van der Waals surface area contributed by atoms with Crippen molar-refractivity contribution in [2.75, 3.05) is 19.6 Å². The molecule has 1 aromatic carbocycles. The number of hydrogen-bond donors (Lipinski definition) is 1. The van der Waals surface area contributed by atoms with E-state index < -0.39 is 12.1 Å². The number of ketones is 1. The molecule has 1 saturated heterocycles. The van der Waals surface area contributed by atoms with Crippen LogP contribution < -0.4 is 4.74 Å². The predicted molar refractivity (Wildman–Crippen MR) is 117 cm³/mol. The molecule has 0 saturated carbocycles. The molecule has 2 unspecified atom stereocenters. The number of fused-ring (bicyclic) bond motifs is 3. The molecule has 3 aliphatic rings. The van der Waals surface area contributed by atoms with E-state index in [4.69, 9.17) is 27.9 Å². The van der Waals surface area contributed by atoms with Crippen LogP contribution in [0.25, 0.3) is 5.57 Å². The van der Waals surface area contributed by atoms with Crippen molar-refractivity contribution in [2.45, 2.75) is 58.0 Å². The molecular formula is C23H27Cl2NO4. The highest BCUT2D eigenvalue weighted by atomic mass is 35.5. The summed E-state index contributed by atoms with van der Waals surface area (Å²) in [6, 6.07) is 1.83. The zero-order valence-corrected chi connectivity index (χ0v) is 18.7. The normalized spacial score (nSPS) is 24.4. The Morgan fingerprint density at radius 1 is 1.30 bits per heavy atom. The summed E-state index contributed by atoms with van der Waals surface area (Å²) in [5, 5.41) is 10.2. The van der Waals surface area contributed by atoms with Gasteiger partial charge in [0, 0.05) is 30.4 Å². The number of halogens is 2. The van der Waals surface area contributed by atoms with E-state index in [1.54, 1.807) is 6.08 Å². The van der Waals surface area contributed by atoms with Crippen molar-refractivity contribution in [1.29, 1.82) is 0 Å². The molecular weight excluding hydrogens is 425 g/mol. The SMILES string of the molecule is CCC12CCC(=O)C=C1c1c(cc(OC(CCN3CCCC3)C(=O)O)c(Cl)c1Cl)C2. The first-order valence-electron chi connectivity index (χ1n) is 10.7. The van der Waals surface area contributed by atoms with Crippen LogP contribution in [0.5, 0.6) is 5.75 Å². The monoisotopic (exact) mass is 451 g/mol. The van der Waals surface area contributed by atoms with Gasteiger partial charge in [0.15, 0.2) is 11.9 Å². The first kappa shape index (κ1) is 21.7. The number of allylic oxidation sites excluding steroid dienone is 2. The van der Waals surface area contributed by atoms with Crippen LogP contribution in [0.4, 0.5) is 0 Å². The van der Waals surface area contributed by atoms with E-state index in [1.807, 2.05) is 6.07 Å². The summed E-state index contributed by atoms with van der Waals surface area (Å²) in [7, 11) is 0. The van der Waals surface area contributed by atoms with Gasteiger partial charge in [0.25, 0.3) is 0 Å². The highest BCUT2D eigenvalue weighted by Gasteiger charge is 2.45. The zero-order valence-electron chi connectivity index (χ0n) is 17.2. The standard InChI is InChI=1S/C23H27Cl2NO4/c1-2-23-7-5-15(27)12-16(23)19-14(13-23)11-18(20(24)21(19)25)30-17(22(28)29)6-10-26-8-3-4-9-26/h11-12,17H,2-10,13H2,1H3,(H,28,29). The summed E-state index contributed by atoms with van der Waals surface area (Å²) >= 11 is 13.2. The lowest BCUT2D eigenvalue weighted by molar-refractivity contribution is -0.145. The molecule has 2 atom stereocenters. The van der Waals surface area contributed by atoms with Gasteiger partial charge in [0.1, 0.15) is 10.8 Å². The Morgan fingerprint density at radius 2 is 2.03 bits per heavy atom. The second-order valence-electron chi connectivity index (χ2n) is 8.65. The van der Waals surface area contributed by atoms with Crippen LogP contribution in [0.15, 0.2) is 12.1 Å². The first-order valence-corrected chi connectivity index (χ1v) is 11.5. The maximum absolute atomic E-state index is 12.1. The molecule has 30 heavy (non-hydrogen) atoms. The fraction of sp³-hybridized carbons (Fsp3) is 0.565. The van der Waals surface area contributed by atoms with Crippen LogP contribution in [0.2, 0.25) is 10.0 Å². The van der Waals surface area contributed by atoms with Crippen molar-refractivity contribution in [3.8, 4) is 5.75 Å². The highest BCUT2D eigenvalue weighted by Crippen LogP contribution is 2.57. The van der Waals surface area contributed by atoms with E-state index >= 15 is 0 Å². The largest absolute Gasteiger partial charge is 0.479 e. The second-order valence-corrected chi connectivity index (χ2v) is 9.41. The van der Waals surface area contributed by atoms with Gasteiger partial charge in [-0.15, -0.1) is 0 Å². The molecule has 1 heterocycles. The number of carbonyl (C=O) groups excluding carboxylic acids is 1. The van der Waals surface area contributed by atoms with E-state index in [-0.39, 0.29) is 16.2 Å². The molecule has 1 N–H and O–H groups in total. The highest BCUT2D eigenvalue weighted by molar-refractivity contribution is 6.44. The summed E-state index contributed by atoms with van der Waals surface area (Å²) in [6.07, 6.45) is 6.43. The molecule has 0 spiro atoms. The molecule has 1 fully saturated rings. The lowest BCUT2D eigenvalue weighted by atomic mass is 9.71. The summed E-state index contributed by atoms with van der Waals surface area (Å²) in [6.45, 7) is 4.82. The Labute approximate surface area is 187 Å². The summed E-state index contributed by atoms with van der Waals surface area (Å²) in [4.78, 5) is 26.2. The fourth-order valence-electron chi connectivity index (χ4n) is 5.12. The van der Waals surface area contributed by atoms with Crippen LogP contribution >= 0.6 is 23.2 Å². The lowest BCUT2D eigenvalue weighted by Crippen LogP contribution is -2.32. The lowest BCUT2D eigenvalue weighted by Gasteiger charge is -2.32. The van der Waals surface area contributed by atoms with Crippen molar-refractivity contribution in [3.63, 3.8) is 0 Å². The molecule has 0 amide bonds. The Hall–Kier alpha value is -1.56. The van der Waals surface area contributed by atoms with Gasteiger partial charge in [-0.3, -0.25) is 4.79 Å². The molecule has 1 aliphatic heterocycles. The van der Waals surface area contributed by atoms with Crippen molar-refractivity contribution in [2.24, 2.45) is 5.41 Å². The Balaban J connectivity index is 1.62. The maximum atomic E-state index is 12.1. The topological polar surface area (TPSA) is 66.8 Å². The number of aliphatic carboxylic acids is 1. The van der Waals surface area contributed by atoms with E-state index in [0.29, 0.717) is 30.2 Å². The number of carboxylic acid groups (broad SMARTS) is 1. The van der Waals surface area contributed by atoms with Crippen LogP contribution in [-0.2, 0) is 16.0 Å². The summed E-state index contributed by atoms with van der Waals surface area (Å²) in [5.41, 5.74) is 2.67. The van der Waals surface area contributed by atoms with Crippen molar-refractivity contribution in [3.05, 3.63) is 33.3 Å². The van der Waals surface area contributed by atoms with Crippen LogP contribution in [0, 0.1) is 5.41 Å². The smallest absolute Gasteiger partial charge is 0.344 e. The maximum Gasteiger partial charge on any atom is 0.344 e. The van der Waals surface area contributed by atoms with Gasteiger partial charge in [-0.25, -0.2) is 4.79 Å². The Bertz CT molecular complexity index is 907. The third-order valence-electron chi connectivity index (χ3n) is 6.91. The molecule has 7 heteroatoms. The molecule has 2 aliphatic carbocycles. The molecule has 0 aromatic heterocycles. The van der Waals surface area contributed by atoms with Gasteiger partial charge in [0.2, 0.25) is 0 Å². The van der Waals surface area contributed by atoms with Crippen molar-refractivity contribution in [1.82, 2.24) is 4.90 Å². The van der Waals surface area contributed by atoms with Gasteiger partial charge in [0.05, 0.1) is 5.02 Å². The quantitative estimate of drug-likeness (QED) is 0.630. The van der Waals surface area contributed by atoms with E-state index in [9.17, 15) is 14.7 Å². The van der Waals surface area contributed by atoms with Gasteiger partial charge < -0.3 is 14.7 Å². The molecule has 1 aromatic rings. The molecule has 4 rings (SSSR count). The second kappa shape index (κ2) is 8.52.